The summed E-state index contributed by atoms with van der Waals surface area (Å²) in [6.07, 6.45) is 3.96. The molecular formula is C21H31IN6O. The van der Waals surface area contributed by atoms with Gasteiger partial charge in [0.05, 0.1) is 12.2 Å². The lowest BCUT2D eigenvalue weighted by Crippen LogP contribution is -2.41. The van der Waals surface area contributed by atoms with Crippen molar-refractivity contribution < 1.29 is 4.42 Å². The zero-order valence-corrected chi connectivity index (χ0v) is 20.1. The number of aromatic nitrogens is 2. The zero-order chi connectivity index (χ0) is 20.1. The summed E-state index contributed by atoms with van der Waals surface area (Å²) in [6, 6.07) is 8.30. The SMILES string of the molecule is CCNC(=NCc1oc2ccccc2c1C)NCC(c1cnn(C)c1)N(C)C.I. The van der Waals surface area contributed by atoms with Gasteiger partial charge in [-0.15, -0.1) is 24.0 Å². The molecule has 0 saturated heterocycles. The number of aryl methyl sites for hydroxylation is 2. The van der Waals surface area contributed by atoms with Gasteiger partial charge in [0.15, 0.2) is 5.96 Å². The van der Waals surface area contributed by atoms with E-state index in [0.29, 0.717) is 6.54 Å². The average molecular weight is 510 g/mol. The second-order valence-corrected chi connectivity index (χ2v) is 7.15. The molecule has 2 aromatic heterocycles. The summed E-state index contributed by atoms with van der Waals surface area (Å²) in [6.45, 7) is 6.17. The van der Waals surface area contributed by atoms with Crippen LogP contribution in [0, 0.1) is 6.92 Å². The molecule has 29 heavy (non-hydrogen) atoms. The number of rotatable bonds is 7. The molecule has 0 amide bonds. The summed E-state index contributed by atoms with van der Waals surface area (Å²) in [5.74, 6) is 1.67. The fraction of sp³-hybridized carbons (Fsp3) is 0.429. The lowest BCUT2D eigenvalue weighted by Gasteiger charge is -2.24. The molecule has 7 nitrogen and oxygen atoms in total. The van der Waals surface area contributed by atoms with Crippen LogP contribution in [0.5, 0.6) is 0 Å². The molecule has 0 bridgehead atoms. The Bertz CT molecular complexity index is 946. The van der Waals surface area contributed by atoms with Crippen molar-refractivity contribution in [2.45, 2.75) is 26.4 Å². The van der Waals surface area contributed by atoms with Crippen LogP contribution < -0.4 is 10.6 Å². The van der Waals surface area contributed by atoms with Gasteiger partial charge in [-0.1, -0.05) is 18.2 Å². The molecule has 0 spiro atoms. The number of hydrogen-bond acceptors (Lipinski definition) is 4. The van der Waals surface area contributed by atoms with E-state index in [0.717, 1.165) is 41.3 Å². The van der Waals surface area contributed by atoms with Crippen molar-refractivity contribution in [1.29, 1.82) is 0 Å². The lowest BCUT2D eigenvalue weighted by atomic mass is 10.1. The first kappa shape index (κ1) is 23.2. The van der Waals surface area contributed by atoms with Crippen LogP contribution in [-0.2, 0) is 13.6 Å². The fourth-order valence-corrected chi connectivity index (χ4v) is 3.27. The first-order valence-corrected chi connectivity index (χ1v) is 9.63. The first-order chi connectivity index (χ1) is 13.5. The fourth-order valence-electron chi connectivity index (χ4n) is 3.27. The van der Waals surface area contributed by atoms with Gasteiger partial charge in [0.25, 0.3) is 0 Å². The summed E-state index contributed by atoms with van der Waals surface area (Å²) in [7, 11) is 6.08. The molecule has 2 heterocycles. The molecule has 0 aliphatic heterocycles. The van der Waals surface area contributed by atoms with Crippen LogP contribution in [0.15, 0.2) is 46.1 Å². The van der Waals surface area contributed by atoms with E-state index in [2.05, 4.69) is 54.6 Å². The molecule has 0 fully saturated rings. The van der Waals surface area contributed by atoms with Gasteiger partial charge in [-0.2, -0.15) is 5.10 Å². The maximum Gasteiger partial charge on any atom is 0.191 e. The Labute approximate surface area is 189 Å². The van der Waals surface area contributed by atoms with E-state index in [9.17, 15) is 0 Å². The molecule has 0 radical (unpaired) electrons. The van der Waals surface area contributed by atoms with Crippen LogP contribution in [0.3, 0.4) is 0 Å². The Hall–Kier alpha value is -2.07. The second kappa shape index (κ2) is 10.6. The molecule has 1 atom stereocenters. The molecule has 1 unspecified atom stereocenters. The van der Waals surface area contributed by atoms with E-state index in [1.54, 1.807) is 0 Å². The van der Waals surface area contributed by atoms with E-state index >= 15 is 0 Å². The van der Waals surface area contributed by atoms with Gasteiger partial charge in [0.1, 0.15) is 17.9 Å². The van der Waals surface area contributed by atoms with Crippen molar-refractivity contribution in [3.05, 3.63) is 53.5 Å². The minimum absolute atomic E-state index is 0. The number of likely N-dealkylation sites (N-methyl/N-ethyl adjacent to an activating group) is 1. The standard InChI is InChI=1S/C21H30N6O.HI/c1-6-22-21(23-12-18(26(3)4)16-11-25-27(5)14-16)24-13-20-15(2)17-9-7-8-10-19(17)28-20;/h7-11,14,18H,6,12-13H2,1-5H3,(H2,22,23,24);1H. The van der Waals surface area contributed by atoms with Gasteiger partial charge in [-0.25, -0.2) is 4.99 Å². The van der Waals surface area contributed by atoms with Crippen LogP contribution in [-0.4, -0.2) is 47.8 Å². The molecule has 0 saturated carbocycles. The summed E-state index contributed by atoms with van der Waals surface area (Å²) >= 11 is 0. The van der Waals surface area contributed by atoms with Crippen molar-refractivity contribution >= 4 is 40.9 Å². The highest BCUT2D eigenvalue weighted by molar-refractivity contribution is 14.0. The van der Waals surface area contributed by atoms with Crippen molar-refractivity contribution in [2.24, 2.45) is 12.0 Å². The van der Waals surface area contributed by atoms with E-state index in [-0.39, 0.29) is 30.0 Å². The largest absolute Gasteiger partial charge is 0.459 e. The van der Waals surface area contributed by atoms with Crippen LogP contribution in [0.4, 0.5) is 0 Å². The molecule has 158 valence electrons. The smallest absolute Gasteiger partial charge is 0.191 e. The molecule has 1 aromatic carbocycles. The zero-order valence-electron chi connectivity index (χ0n) is 17.8. The normalized spacial score (nSPS) is 12.8. The summed E-state index contributed by atoms with van der Waals surface area (Å²) in [5.41, 5.74) is 3.23. The maximum atomic E-state index is 5.98. The molecule has 2 N–H and O–H groups in total. The third-order valence-corrected chi connectivity index (χ3v) is 4.86. The summed E-state index contributed by atoms with van der Waals surface area (Å²) < 4.78 is 7.81. The number of benzene rings is 1. The Morgan fingerprint density at radius 1 is 1.28 bits per heavy atom. The minimum atomic E-state index is 0. The van der Waals surface area contributed by atoms with E-state index in [4.69, 9.17) is 9.41 Å². The van der Waals surface area contributed by atoms with Gasteiger partial charge in [0.2, 0.25) is 0 Å². The Morgan fingerprint density at radius 3 is 2.66 bits per heavy atom. The average Bonchev–Trinajstić information content (AvgIpc) is 3.23. The number of halogens is 1. The number of para-hydroxylation sites is 1. The Morgan fingerprint density at radius 2 is 2.03 bits per heavy atom. The Kier molecular flexibility index (Phi) is 8.51. The number of furan rings is 1. The van der Waals surface area contributed by atoms with Crippen LogP contribution in [0.2, 0.25) is 0 Å². The van der Waals surface area contributed by atoms with Gasteiger partial charge >= 0.3 is 0 Å². The highest BCUT2D eigenvalue weighted by Crippen LogP contribution is 2.25. The number of nitrogens with zero attached hydrogens (tertiary/aromatic N) is 4. The monoisotopic (exact) mass is 510 g/mol. The lowest BCUT2D eigenvalue weighted by molar-refractivity contribution is 0.298. The van der Waals surface area contributed by atoms with Gasteiger partial charge < -0.3 is 20.0 Å². The molecule has 3 aromatic rings. The quantitative estimate of drug-likeness (QED) is 0.290. The number of aliphatic imine (C=N–C) groups is 1. The summed E-state index contributed by atoms with van der Waals surface area (Å²) in [4.78, 5) is 6.91. The van der Waals surface area contributed by atoms with Gasteiger partial charge in [0, 0.05) is 42.8 Å². The van der Waals surface area contributed by atoms with E-state index < -0.39 is 0 Å². The number of nitrogens with one attached hydrogen (secondary N) is 2. The third kappa shape index (κ3) is 5.72. The molecular weight excluding hydrogens is 479 g/mol. The van der Waals surface area contributed by atoms with Crippen LogP contribution in [0.1, 0.15) is 29.9 Å². The van der Waals surface area contributed by atoms with Crippen LogP contribution >= 0.6 is 24.0 Å². The third-order valence-electron chi connectivity index (χ3n) is 4.86. The van der Waals surface area contributed by atoms with E-state index in [1.807, 2.05) is 42.3 Å². The molecule has 0 aliphatic rings. The Balaban J connectivity index is 0.00000300. The highest BCUT2D eigenvalue weighted by Gasteiger charge is 2.16. The minimum Gasteiger partial charge on any atom is -0.459 e. The number of hydrogen-bond donors (Lipinski definition) is 2. The topological polar surface area (TPSA) is 70.6 Å². The van der Waals surface area contributed by atoms with Gasteiger partial charge in [-0.3, -0.25) is 4.68 Å². The maximum absolute atomic E-state index is 5.98. The van der Waals surface area contributed by atoms with Gasteiger partial charge in [-0.05, 0) is 34.0 Å². The molecule has 3 rings (SSSR count). The second-order valence-electron chi connectivity index (χ2n) is 7.15. The predicted octanol–water partition coefficient (Wildman–Crippen LogP) is 3.45. The number of fused-ring (bicyclic) bond motifs is 1. The number of guanidine groups is 1. The highest BCUT2D eigenvalue weighted by atomic mass is 127. The van der Waals surface area contributed by atoms with Crippen molar-refractivity contribution in [3.63, 3.8) is 0 Å². The van der Waals surface area contributed by atoms with Crippen LogP contribution in [0.25, 0.3) is 11.0 Å². The molecule has 0 aliphatic carbocycles. The van der Waals surface area contributed by atoms with Crippen molar-refractivity contribution in [1.82, 2.24) is 25.3 Å². The first-order valence-electron chi connectivity index (χ1n) is 9.63. The van der Waals surface area contributed by atoms with E-state index in [1.165, 1.54) is 5.56 Å². The summed E-state index contributed by atoms with van der Waals surface area (Å²) in [5, 5.41) is 12.2. The predicted molar refractivity (Wildman–Crippen MR) is 129 cm³/mol. The van der Waals surface area contributed by atoms with Crippen molar-refractivity contribution in [3.8, 4) is 0 Å². The molecule has 8 heteroatoms. The van der Waals surface area contributed by atoms with Crippen molar-refractivity contribution in [2.75, 3.05) is 27.2 Å².